The molecule has 0 amide bonds. The molecule has 132 valence electrons. The molecule has 0 bridgehead atoms. The second-order valence-corrected chi connectivity index (χ2v) is 6.26. The Morgan fingerprint density at radius 2 is 1.36 bits per heavy atom. The van der Waals surface area contributed by atoms with Gasteiger partial charge in [-0.3, -0.25) is 0 Å². The second kappa shape index (κ2) is 16.8. The molecular formula is C18H37NO3. The van der Waals surface area contributed by atoms with Crippen LogP contribution >= 0.6 is 0 Å². The van der Waals surface area contributed by atoms with Gasteiger partial charge in [-0.25, -0.2) is 4.79 Å². The molecule has 0 unspecified atom stereocenters. The van der Waals surface area contributed by atoms with Crippen molar-refractivity contribution in [2.24, 2.45) is 0 Å². The van der Waals surface area contributed by atoms with Gasteiger partial charge in [-0.05, 0) is 20.5 Å². The van der Waals surface area contributed by atoms with Crippen LogP contribution in [0.3, 0.4) is 0 Å². The second-order valence-electron chi connectivity index (χ2n) is 6.26. The van der Waals surface area contributed by atoms with E-state index in [9.17, 15) is 4.79 Å². The van der Waals surface area contributed by atoms with Crippen LogP contribution < -0.4 is 0 Å². The Kier molecular flexibility index (Phi) is 16.3. The van der Waals surface area contributed by atoms with E-state index in [0.29, 0.717) is 13.2 Å². The summed E-state index contributed by atoms with van der Waals surface area (Å²) in [4.78, 5) is 13.4. The van der Waals surface area contributed by atoms with Crippen LogP contribution in [0.25, 0.3) is 0 Å². The lowest BCUT2D eigenvalue weighted by atomic mass is 10.1. The number of ether oxygens (including phenoxy) is 2. The fourth-order valence-corrected chi connectivity index (χ4v) is 2.22. The molecule has 0 N–H and O–H groups in total. The van der Waals surface area contributed by atoms with Gasteiger partial charge in [0, 0.05) is 6.54 Å². The van der Waals surface area contributed by atoms with Gasteiger partial charge in [0.2, 0.25) is 0 Å². The van der Waals surface area contributed by atoms with E-state index in [2.05, 4.69) is 6.92 Å². The molecule has 4 nitrogen and oxygen atoms in total. The predicted octanol–water partition coefficient (Wildman–Crippen LogP) is 4.03. The molecule has 0 aromatic carbocycles. The molecule has 0 atom stereocenters. The first-order chi connectivity index (χ1) is 10.7. The Balaban J connectivity index is 3.14. The zero-order valence-corrected chi connectivity index (χ0v) is 15.1. The van der Waals surface area contributed by atoms with Gasteiger partial charge in [0.1, 0.15) is 6.61 Å². The van der Waals surface area contributed by atoms with Gasteiger partial charge in [-0.1, -0.05) is 64.7 Å². The maximum atomic E-state index is 11.4. The van der Waals surface area contributed by atoms with Crippen molar-refractivity contribution in [2.45, 2.75) is 71.1 Å². The summed E-state index contributed by atoms with van der Waals surface area (Å²) in [5, 5.41) is 0. The number of hydrogen-bond acceptors (Lipinski definition) is 4. The molecule has 0 rings (SSSR count). The number of likely N-dealkylation sites (N-methyl/N-ethyl adjacent to an activating group) is 1. The Labute approximate surface area is 137 Å². The number of carbonyl (C=O) groups is 1. The van der Waals surface area contributed by atoms with Crippen LogP contribution in [-0.4, -0.2) is 51.3 Å². The van der Waals surface area contributed by atoms with Crippen LogP contribution in [-0.2, 0) is 14.3 Å². The van der Waals surface area contributed by atoms with E-state index in [4.69, 9.17) is 9.47 Å². The van der Waals surface area contributed by atoms with Crippen LogP contribution in [0.15, 0.2) is 0 Å². The van der Waals surface area contributed by atoms with Crippen molar-refractivity contribution in [1.82, 2.24) is 4.90 Å². The first kappa shape index (κ1) is 21.4. The minimum absolute atomic E-state index is 0.0750. The normalized spacial score (nSPS) is 11.1. The Morgan fingerprint density at radius 3 is 1.91 bits per heavy atom. The van der Waals surface area contributed by atoms with Gasteiger partial charge >= 0.3 is 5.97 Å². The quantitative estimate of drug-likeness (QED) is 0.318. The zero-order valence-electron chi connectivity index (χ0n) is 15.1. The van der Waals surface area contributed by atoms with Crippen LogP contribution in [0.4, 0.5) is 0 Å². The summed E-state index contributed by atoms with van der Waals surface area (Å²) in [6, 6.07) is 0. The van der Waals surface area contributed by atoms with E-state index in [1.165, 1.54) is 51.4 Å². The highest BCUT2D eigenvalue weighted by atomic mass is 16.6. The van der Waals surface area contributed by atoms with Crippen molar-refractivity contribution in [1.29, 1.82) is 0 Å². The molecule has 22 heavy (non-hydrogen) atoms. The highest BCUT2D eigenvalue weighted by Gasteiger charge is 2.02. The summed E-state index contributed by atoms with van der Waals surface area (Å²) in [5.41, 5.74) is 0. The molecule has 0 aliphatic carbocycles. The van der Waals surface area contributed by atoms with Gasteiger partial charge in [0.15, 0.2) is 0 Å². The smallest absolute Gasteiger partial charge is 0.332 e. The van der Waals surface area contributed by atoms with Crippen molar-refractivity contribution in [3.63, 3.8) is 0 Å². The Hall–Kier alpha value is -0.610. The van der Waals surface area contributed by atoms with E-state index >= 15 is 0 Å². The molecule has 0 saturated carbocycles. The van der Waals surface area contributed by atoms with Crippen molar-refractivity contribution >= 4 is 5.97 Å². The van der Waals surface area contributed by atoms with Crippen LogP contribution in [0.5, 0.6) is 0 Å². The zero-order chi connectivity index (χ0) is 16.5. The predicted molar refractivity (Wildman–Crippen MR) is 92.2 cm³/mol. The van der Waals surface area contributed by atoms with E-state index in [1.54, 1.807) is 0 Å². The first-order valence-corrected chi connectivity index (χ1v) is 9.05. The largest absolute Gasteiger partial charge is 0.464 e. The lowest BCUT2D eigenvalue weighted by molar-refractivity contribution is -0.149. The van der Waals surface area contributed by atoms with Gasteiger partial charge in [0.25, 0.3) is 0 Å². The number of carbonyl (C=O) groups excluding carboxylic acids is 1. The molecule has 0 aromatic rings. The van der Waals surface area contributed by atoms with Crippen molar-refractivity contribution < 1.29 is 14.3 Å². The van der Waals surface area contributed by atoms with Crippen molar-refractivity contribution in [3.05, 3.63) is 0 Å². The number of hydrogen-bond donors (Lipinski definition) is 0. The van der Waals surface area contributed by atoms with E-state index in [0.717, 1.165) is 19.4 Å². The highest BCUT2D eigenvalue weighted by molar-refractivity contribution is 5.70. The van der Waals surface area contributed by atoms with E-state index < -0.39 is 0 Å². The number of unbranched alkanes of at least 4 members (excludes halogenated alkanes) is 9. The van der Waals surface area contributed by atoms with Crippen molar-refractivity contribution in [3.8, 4) is 0 Å². The first-order valence-electron chi connectivity index (χ1n) is 9.05. The monoisotopic (exact) mass is 315 g/mol. The van der Waals surface area contributed by atoms with Crippen molar-refractivity contribution in [2.75, 3.05) is 40.5 Å². The topological polar surface area (TPSA) is 38.8 Å². The summed E-state index contributed by atoms with van der Waals surface area (Å²) in [7, 11) is 3.96. The highest BCUT2D eigenvalue weighted by Crippen LogP contribution is 2.10. The fourth-order valence-electron chi connectivity index (χ4n) is 2.22. The third kappa shape index (κ3) is 17.4. The maximum Gasteiger partial charge on any atom is 0.332 e. The third-order valence-corrected chi connectivity index (χ3v) is 3.66. The Morgan fingerprint density at radius 1 is 0.818 bits per heavy atom. The standard InChI is InChI=1S/C18H37NO3/c1-4-5-6-7-8-9-10-11-12-13-15-22-18(20)17-21-16-14-19(2)3/h4-17H2,1-3H3. The molecule has 0 aromatic heterocycles. The molecule has 0 spiro atoms. The molecule has 0 saturated heterocycles. The molecular weight excluding hydrogens is 278 g/mol. The summed E-state index contributed by atoms with van der Waals surface area (Å²) < 4.78 is 10.4. The van der Waals surface area contributed by atoms with Gasteiger partial charge in [0.05, 0.1) is 13.2 Å². The number of esters is 1. The third-order valence-electron chi connectivity index (χ3n) is 3.66. The summed E-state index contributed by atoms with van der Waals surface area (Å²) in [6.45, 7) is 4.26. The lowest BCUT2D eigenvalue weighted by Crippen LogP contribution is -2.21. The van der Waals surface area contributed by atoms with Gasteiger partial charge in [-0.2, -0.15) is 0 Å². The average Bonchev–Trinajstić information content (AvgIpc) is 2.49. The summed E-state index contributed by atoms with van der Waals surface area (Å²) in [6.07, 6.45) is 12.9. The minimum atomic E-state index is -0.241. The maximum absolute atomic E-state index is 11.4. The van der Waals surface area contributed by atoms with Crippen LogP contribution in [0, 0.1) is 0 Å². The van der Waals surface area contributed by atoms with Gasteiger partial charge < -0.3 is 14.4 Å². The summed E-state index contributed by atoms with van der Waals surface area (Å²) >= 11 is 0. The molecule has 0 heterocycles. The van der Waals surface area contributed by atoms with Gasteiger partial charge in [-0.15, -0.1) is 0 Å². The molecule has 0 aliphatic heterocycles. The fraction of sp³-hybridized carbons (Fsp3) is 0.944. The van der Waals surface area contributed by atoms with Crippen LogP contribution in [0.2, 0.25) is 0 Å². The lowest BCUT2D eigenvalue weighted by Gasteiger charge is -2.09. The molecule has 0 radical (unpaired) electrons. The average molecular weight is 315 g/mol. The van der Waals surface area contributed by atoms with E-state index in [1.807, 2.05) is 19.0 Å². The number of nitrogens with zero attached hydrogens (tertiary/aromatic N) is 1. The minimum Gasteiger partial charge on any atom is -0.464 e. The SMILES string of the molecule is CCCCCCCCCCCCOC(=O)COCCN(C)C. The molecule has 0 aliphatic rings. The summed E-state index contributed by atoms with van der Waals surface area (Å²) in [5.74, 6) is -0.241. The van der Waals surface area contributed by atoms with Crippen LogP contribution in [0.1, 0.15) is 71.1 Å². The Bertz CT molecular complexity index is 244. The van der Waals surface area contributed by atoms with E-state index in [-0.39, 0.29) is 12.6 Å². The molecule has 4 heteroatoms. The molecule has 0 fully saturated rings. The number of rotatable bonds is 16.